The fourth-order valence-electron chi connectivity index (χ4n) is 8.87. The van der Waals surface area contributed by atoms with E-state index < -0.39 is 28.5 Å². The van der Waals surface area contributed by atoms with Crippen LogP contribution in [-0.4, -0.2) is 111 Å². The average molecular weight is 849 g/mol. The number of nitrogens with zero attached hydrogens (tertiary/aromatic N) is 6. The Morgan fingerprint density at radius 1 is 1.07 bits per heavy atom. The smallest absolute Gasteiger partial charge is 0.378 e. The Morgan fingerprint density at radius 3 is 2.33 bits per heavy atom. The number of amides is 4. The maximum absolute atomic E-state index is 13.7. The first-order valence-electron chi connectivity index (χ1n) is 19.6. The molecule has 58 heavy (non-hydrogen) atoms. The lowest BCUT2D eigenvalue weighted by Crippen LogP contribution is -2.58. The number of aromatic nitrogens is 1. The molecule has 1 aliphatic carbocycles. The van der Waals surface area contributed by atoms with Gasteiger partial charge in [-0.1, -0.05) is 12.1 Å². The van der Waals surface area contributed by atoms with E-state index in [-0.39, 0.29) is 78.4 Å². The zero-order chi connectivity index (χ0) is 41.2. The van der Waals surface area contributed by atoms with Gasteiger partial charge in [-0.15, -0.1) is 25.0 Å². The SMILES string of the molecule is C[C@@H]1CN(CCCOC2CCC(N3C(S)N(c4cnc(C#N)c(C(F)(F)F)c4)C(=O)C3(C)C)CC2)C[C@H](C)N1CC(=O)Nc1ccc(C2CCC(=O)NC2=O)cc1.Cl. The van der Waals surface area contributed by atoms with E-state index in [1.807, 2.05) is 17.0 Å². The lowest BCUT2D eigenvalue weighted by atomic mass is 9.89. The minimum atomic E-state index is -4.80. The molecule has 1 aromatic carbocycles. The van der Waals surface area contributed by atoms with Gasteiger partial charge in [-0.05, 0) is 90.0 Å². The molecule has 2 aromatic rings. The number of thiol groups is 1. The number of pyridine rings is 1. The summed E-state index contributed by atoms with van der Waals surface area (Å²) in [6, 6.07) is 9.79. The number of imide groups is 1. The van der Waals surface area contributed by atoms with Crippen molar-refractivity contribution in [1.29, 1.82) is 5.26 Å². The highest BCUT2D eigenvalue weighted by molar-refractivity contribution is 7.81. The highest BCUT2D eigenvalue weighted by Crippen LogP contribution is 2.43. The second-order valence-electron chi connectivity index (χ2n) is 16.1. The number of hydrogen-bond acceptors (Lipinski definition) is 11. The van der Waals surface area contributed by atoms with Crippen molar-refractivity contribution in [1.82, 2.24) is 25.0 Å². The number of carbonyl (C=O) groups is 4. The van der Waals surface area contributed by atoms with E-state index in [1.165, 1.54) is 11.0 Å². The van der Waals surface area contributed by atoms with E-state index in [4.69, 9.17) is 22.6 Å². The van der Waals surface area contributed by atoms with E-state index in [9.17, 15) is 32.3 Å². The Hall–Kier alpha value is -3.79. The monoisotopic (exact) mass is 848 g/mol. The van der Waals surface area contributed by atoms with Crippen LogP contribution in [0.25, 0.3) is 0 Å². The molecule has 4 fully saturated rings. The number of nitrogens with one attached hydrogen (secondary N) is 2. The summed E-state index contributed by atoms with van der Waals surface area (Å²) in [5.74, 6) is -1.41. The van der Waals surface area contributed by atoms with Crippen LogP contribution in [-0.2, 0) is 30.1 Å². The zero-order valence-corrected chi connectivity index (χ0v) is 34.8. The fraction of sp³-hybridized carbons (Fsp3) is 0.600. The molecule has 1 saturated carbocycles. The summed E-state index contributed by atoms with van der Waals surface area (Å²) in [7, 11) is 0. The third-order valence-corrected chi connectivity index (χ3v) is 12.3. The molecule has 2 N–H and O–H groups in total. The Balaban J connectivity index is 0.00000641. The Morgan fingerprint density at radius 2 is 1.72 bits per heavy atom. The average Bonchev–Trinajstić information content (AvgIpc) is 3.33. The van der Waals surface area contributed by atoms with Crippen LogP contribution in [0.3, 0.4) is 0 Å². The lowest BCUT2D eigenvalue weighted by molar-refractivity contribution is -0.138. The van der Waals surface area contributed by atoms with Gasteiger partial charge < -0.3 is 15.0 Å². The summed E-state index contributed by atoms with van der Waals surface area (Å²) in [4.78, 5) is 61.9. The van der Waals surface area contributed by atoms with Crippen molar-refractivity contribution in [2.24, 2.45) is 0 Å². The molecule has 0 spiro atoms. The van der Waals surface area contributed by atoms with E-state index in [0.717, 1.165) is 69.6 Å². The number of halogens is 4. The van der Waals surface area contributed by atoms with Crippen LogP contribution in [0.15, 0.2) is 36.5 Å². The molecule has 0 radical (unpaired) electrons. The minimum Gasteiger partial charge on any atom is -0.378 e. The Bertz CT molecular complexity index is 1860. The van der Waals surface area contributed by atoms with Crippen LogP contribution >= 0.6 is 25.0 Å². The van der Waals surface area contributed by atoms with Crippen molar-refractivity contribution >= 4 is 60.0 Å². The third kappa shape index (κ3) is 9.97. The zero-order valence-electron chi connectivity index (χ0n) is 33.1. The van der Waals surface area contributed by atoms with Crippen molar-refractivity contribution in [3.8, 4) is 6.07 Å². The van der Waals surface area contributed by atoms with Crippen LogP contribution in [0.2, 0.25) is 0 Å². The summed E-state index contributed by atoms with van der Waals surface area (Å²) >= 11 is 4.73. The van der Waals surface area contributed by atoms with Crippen LogP contribution in [0.4, 0.5) is 24.5 Å². The number of benzene rings is 1. The van der Waals surface area contributed by atoms with E-state index in [1.54, 1.807) is 26.0 Å². The largest absolute Gasteiger partial charge is 0.419 e. The normalized spacial score (nSPS) is 27.2. The van der Waals surface area contributed by atoms with E-state index in [2.05, 4.69) is 39.3 Å². The van der Waals surface area contributed by atoms with Crippen LogP contribution < -0.4 is 15.5 Å². The number of carbonyl (C=O) groups excluding carboxylic acids is 4. The van der Waals surface area contributed by atoms with Crippen molar-refractivity contribution in [3.63, 3.8) is 0 Å². The van der Waals surface area contributed by atoms with Gasteiger partial charge in [-0.25, -0.2) is 4.98 Å². The summed E-state index contributed by atoms with van der Waals surface area (Å²) in [6.45, 7) is 11.2. The van der Waals surface area contributed by atoms with Crippen molar-refractivity contribution < 1.29 is 37.1 Å². The van der Waals surface area contributed by atoms with Gasteiger partial charge in [0.2, 0.25) is 23.6 Å². The minimum absolute atomic E-state index is 0. The second-order valence-corrected chi connectivity index (χ2v) is 16.6. The Labute approximate surface area is 348 Å². The second kappa shape index (κ2) is 18.6. The molecule has 18 heteroatoms. The number of piperidine rings is 1. The van der Waals surface area contributed by atoms with Crippen LogP contribution in [0, 0.1) is 11.3 Å². The predicted octanol–water partition coefficient (Wildman–Crippen LogP) is 5.31. The summed E-state index contributed by atoms with van der Waals surface area (Å²) in [5, 5.41) is 14.5. The molecule has 4 atom stereocenters. The third-order valence-electron chi connectivity index (χ3n) is 11.8. The molecule has 0 bridgehead atoms. The van der Waals surface area contributed by atoms with Gasteiger partial charge in [0.25, 0.3) is 0 Å². The first kappa shape index (κ1) is 45.3. The Kier molecular flexibility index (Phi) is 14.6. The number of hydrogen-bond donors (Lipinski definition) is 3. The van der Waals surface area contributed by atoms with Crippen LogP contribution in [0.1, 0.15) is 95.4 Å². The van der Waals surface area contributed by atoms with E-state index in [0.29, 0.717) is 25.1 Å². The molecular weight excluding hydrogens is 797 g/mol. The predicted molar refractivity (Wildman–Crippen MR) is 216 cm³/mol. The van der Waals surface area contributed by atoms with Gasteiger partial charge in [0.05, 0.1) is 41.6 Å². The fourth-order valence-corrected chi connectivity index (χ4v) is 9.59. The highest BCUT2D eigenvalue weighted by atomic mass is 35.5. The van der Waals surface area contributed by atoms with Gasteiger partial charge in [-0.3, -0.25) is 39.2 Å². The van der Waals surface area contributed by atoms with Gasteiger partial charge >= 0.3 is 6.18 Å². The molecule has 316 valence electrons. The maximum Gasteiger partial charge on any atom is 0.419 e. The van der Waals surface area contributed by atoms with Crippen molar-refractivity contribution in [3.05, 3.63) is 53.3 Å². The summed E-state index contributed by atoms with van der Waals surface area (Å²) in [5.41, 5.74) is -2.36. The number of rotatable bonds is 11. The summed E-state index contributed by atoms with van der Waals surface area (Å²) < 4.78 is 47.4. The number of piperazine rings is 1. The molecule has 13 nitrogen and oxygen atoms in total. The standard InChI is InChI=1S/C40H51F3N8O5S.ClH/c1-24-21-48(22-25(2)49(24)23-35(53)46-27-8-6-26(7-9-27)31-14-15-34(52)47-36(31)54)16-5-17-56-30-12-10-28(11-13-30)51-38(57)50(37(55)39(51,3)4)29-18-32(40(41,42)43)33(19-44)45-20-29;/h6-9,18,20,24-25,28,30-31,38,57H,5,10-17,21-23H2,1-4H3,(H,46,53)(H,47,52,54);1H/t24-,25+,28?,30?,31?,38?;. The van der Waals surface area contributed by atoms with Crippen molar-refractivity contribution in [2.75, 3.05) is 43.0 Å². The maximum atomic E-state index is 13.7. The molecular formula is C40H52ClF3N8O5S. The molecule has 2 unspecified atom stereocenters. The number of nitriles is 1. The summed E-state index contributed by atoms with van der Waals surface area (Å²) in [6.07, 6.45) is 1.06. The molecule has 3 aliphatic heterocycles. The first-order chi connectivity index (χ1) is 27.0. The van der Waals surface area contributed by atoms with E-state index >= 15 is 0 Å². The molecule has 3 saturated heterocycles. The number of anilines is 2. The lowest BCUT2D eigenvalue weighted by Gasteiger charge is -2.44. The van der Waals surface area contributed by atoms with Gasteiger partial charge in [0, 0.05) is 56.5 Å². The molecule has 4 amide bonds. The first-order valence-corrected chi connectivity index (χ1v) is 20.1. The number of alkyl halides is 3. The quantitative estimate of drug-likeness (QED) is 0.154. The number of ether oxygens (including phenoxy) is 1. The van der Waals surface area contributed by atoms with Gasteiger partial charge in [0.1, 0.15) is 11.6 Å². The molecule has 4 heterocycles. The van der Waals surface area contributed by atoms with Crippen molar-refractivity contribution in [2.45, 2.75) is 120 Å². The molecule has 6 rings (SSSR count). The molecule has 4 aliphatic rings. The van der Waals surface area contributed by atoms with Gasteiger partial charge in [0.15, 0.2) is 5.69 Å². The highest BCUT2D eigenvalue weighted by Gasteiger charge is 2.54. The van der Waals surface area contributed by atoms with Gasteiger partial charge in [-0.2, -0.15) is 18.4 Å². The van der Waals surface area contributed by atoms with Crippen LogP contribution in [0.5, 0.6) is 0 Å². The molecule has 1 aromatic heterocycles. The topological polar surface area (TPSA) is 151 Å².